The van der Waals surface area contributed by atoms with Crippen LogP contribution in [0.2, 0.25) is 0 Å². The molecular formula is C28H46N4O5. The maximum Gasteiger partial charge on any atom is 0.408 e. The molecule has 0 fully saturated rings. The molecule has 4 amide bonds. The lowest BCUT2D eigenvalue weighted by Gasteiger charge is -2.35. The van der Waals surface area contributed by atoms with Crippen LogP contribution in [0.15, 0.2) is 18.2 Å². The van der Waals surface area contributed by atoms with Crippen LogP contribution in [-0.4, -0.2) is 53.4 Å². The number of rotatable bonds is 14. The fraction of sp³-hybridized carbons (Fsp3) is 0.643. The van der Waals surface area contributed by atoms with Crippen LogP contribution in [0.4, 0.5) is 4.79 Å². The fourth-order valence-electron chi connectivity index (χ4n) is 4.01. The van der Waals surface area contributed by atoms with Crippen molar-refractivity contribution in [1.29, 1.82) is 0 Å². The van der Waals surface area contributed by atoms with Crippen molar-refractivity contribution in [2.45, 2.75) is 105 Å². The highest BCUT2D eigenvalue weighted by molar-refractivity contribution is 5.94. The molecular weight excluding hydrogens is 472 g/mol. The summed E-state index contributed by atoms with van der Waals surface area (Å²) in [5, 5.41) is 5.49. The Bertz CT molecular complexity index is 926. The second kappa shape index (κ2) is 15.2. The number of benzene rings is 1. The van der Waals surface area contributed by atoms with Crippen molar-refractivity contribution >= 4 is 23.8 Å². The minimum absolute atomic E-state index is 0.265. The molecule has 0 heterocycles. The molecule has 1 rings (SSSR count). The average molecular weight is 519 g/mol. The van der Waals surface area contributed by atoms with Gasteiger partial charge in [-0.1, -0.05) is 56.9 Å². The molecule has 0 saturated carbocycles. The Morgan fingerprint density at radius 1 is 1.03 bits per heavy atom. The lowest BCUT2D eigenvalue weighted by Crippen LogP contribution is -2.54. The third kappa shape index (κ3) is 11.2. The van der Waals surface area contributed by atoms with Crippen molar-refractivity contribution in [2.75, 3.05) is 13.1 Å². The van der Waals surface area contributed by atoms with Crippen LogP contribution in [-0.2, 0) is 19.1 Å². The number of carbonyl (C=O) groups is 4. The number of hydrogen-bond donors (Lipinski definition) is 3. The number of primary amides is 1. The van der Waals surface area contributed by atoms with Gasteiger partial charge in [0.05, 0.1) is 6.42 Å². The maximum atomic E-state index is 13.9. The summed E-state index contributed by atoms with van der Waals surface area (Å²) in [6, 6.07) is 3.52. The van der Waals surface area contributed by atoms with E-state index in [0.717, 1.165) is 36.8 Å². The van der Waals surface area contributed by atoms with Gasteiger partial charge < -0.3 is 26.0 Å². The molecule has 9 heteroatoms. The molecule has 0 aliphatic carbocycles. The third-order valence-corrected chi connectivity index (χ3v) is 5.79. The number of hydrogen-bond acceptors (Lipinski definition) is 5. The summed E-state index contributed by atoms with van der Waals surface area (Å²) in [7, 11) is 0. The molecule has 4 N–H and O–H groups in total. The first-order chi connectivity index (χ1) is 17.3. The monoisotopic (exact) mass is 518 g/mol. The number of aryl methyl sites for hydroxylation is 2. The van der Waals surface area contributed by atoms with Gasteiger partial charge in [0.25, 0.3) is 0 Å². The molecule has 0 aliphatic rings. The standard InChI is InChI=1S/C28H46N4O5/c1-8-10-12-15-30-25(34)24(21-14-13-19(3)17-20(21)4)32(16-11-9-2)26(35)22(18-23(29)33)31-27(36)37-28(5,6)7/h13-14,17,22,24H,8-12,15-16,18H2,1-7H3,(H2,29,33)(H,30,34)(H,31,36). The van der Waals surface area contributed by atoms with Crippen molar-refractivity contribution in [3.8, 4) is 0 Å². The van der Waals surface area contributed by atoms with Crippen LogP contribution in [0.5, 0.6) is 0 Å². The number of unbranched alkanes of at least 4 members (excludes halogenated alkanes) is 3. The van der Waals surface area contributed by atoms with Gasteiger partial charge in [-0.2, -0.15) is 0 Å². The van der Waals surface area contributed by atoms with E-state index < -0.39 is 42.0 Å². The van der Waals surface area contributed by atoms with E-state index in [-0.39, 0.29) is 12.5 Å². The van der Waals surface area contributed by atoms with Gasteiger partial charge in [0.1, 0.15) is 17.7 Å². The van der Waals surface area contributed by atoms with Crippen molar-refractivity contribution in [1.82, 2.24) is 15.5 Å². The van der Waals surface area contributed by atoms with E-state index in [4.69, 9.17) is 10.5 Å². The lowest BCUT2D eigenvalue weighted by atomic mass is 9.96. The molecule has 0 spiro atoms. The predicted molar refractivity (Wildman–Crippen MR) is 145 cm³/mol. The molecule has 0 aliphatic heterocycles. The summed E-state index contributed by atoms with van der Waals surface area (Å²) in [5.41, 5.74) is 7.23. The van der Waals surface area contributed by atoms with E-state index in [1.165, 1.54) is 4.90 Å². The predicted octanol–water partition coefficient (Wildman–Crippen LogP) is 4.05. The first-order valence-corrected chi connectivity index (χ1v) is 13.2. The summed E-state index contributed by atoms with van der Waals surface area (Å²) in [6.07, 6.45) is 2.98. The van der Waals surface area contributed by atoms with Crippen LogP contribution < -0.4 is 16.4 Å². The summed E-state index contributed by atoms with van der Waals surface area (Å²) in [5.74, 6) is -1.62. The smallest absolute Gasteiger partial charge is 0.408 e. The van der Waals surface area contributed by atoms with E-state index in [9.17, 15) is 19.2 Å². The number of amides is 4. The normalized spacial score (nSPS) is 12.8. The molecule has 0 bridgehead atoms. The van der Waals surface area contributed by atoms with Gasteiger partial charge in [0, 0.05) is 13.1 Å². The van der Waals surface area contributed by atoms with Crippen LogP contribution in [0.1, 0.15) is 95.9 Å². The topological polar surface area (TPSA) is 131 Å². The zero-order chi connectivity index (χ0) is 28.2. The Morgan fingerprint density at radius 2 is 1.68 bits per heavy atom. The first kappa shape index (κ1) is 31.9. The summed E-state index contributed by atoms with van der Waals surface area (Å²) in [6.45, 7) is 13.8. The Labute approximate surface area is 221 Å². The SMILES string of the molecule is CCCCCNC(=O)C(c1ccc(C)cc1C)N(CCCC)C(=O)C(CC(N)=O)NC(=O)OC(C)(C)C. The zero-order valence-electron chi connectivity index (χ0n) is 23.6. The van der Waals surface area contributed by atoms with E-state index in [2.05, 4.69) is 17.6 Å². The summed E-state index contributed by atoms with van der Waals surface area (Å²) >= 11 is 0. The number of nitrogens with two attached hydrogens (primary N) is 1. The van der Waals surface area contributed by atoms with E-state index in [0.29, 0.717) is 18.5 Å². The van der Waals surface area contributed by atoms with Crippen molar-refractivity contribution in [3.05, 3.63) is 34.9 Å². The van der Waals surface area contributed by atoms with Gasteiger partial charge in [-0.3, -0.25) is 14.4 Å². The van der Waals surface area contributed by atoms with Gasteiger partial charge in [-0.15, -0.1) is 0 Å². The number of nitrogens with zero attached hydrogens (tertiary/aromatic N) is 1. The quantitative estimate of drug-likeness (QED) is 0.320. The Balaban J connectivity index is 3.48. The van der Waals surface area contributed by atoms with Crippen molar-refractivity contribution < 1.29 is 23.9 Å². The van der Waals surface area contributed by atoms with Gasteiger partial charge in [-0.05, 0) is 58.6 Å². The van der Waals surface area contributed by atoms with Gasteiger partial charge in [0.15, 0.2) is 0 Å². The third-order valence-electron chi connectivity index (χ3n) is 5.79. The first-order valence-electron chi connectivity index (χ1n) is 13.2. The van der Waals surface area contributed by atoms with E-state index >= 15 is 0 Å². The number of ether oxygens (including phenoxy) is 1. The Hall–Kier alpha value is -3.10. The van der Waals surface area contributed by atoms with Crippen LogP contribution in [0, 0.1) is 13.8 Å². The Kier molecular flexibility index (Phi) is 13.1. The molecule has 2 atom stereocenters. The number of alkyl carbamates (subject to hydrolysis) is 1. The minimum atomic E-state index is -1.27. The maximum absolute atomic E-state index is 13.9. The minimum Gasteiger partial charge on any atom is -0.444 e. The highest BCUT2D eigenvalue weighted by atomic mass is 16.6. The number of carbonyl (C=O) groups excluding carboxylic acids is 4. The fourth-order valence-corrected chi connectivity index (χ4v) is 4.01. The Morgan fingerprint density at radius 3 is 2.22 bits per heavy atom. The summed E-state index contributed by atoms with van der Waals surface area (Å²) < 4.78 is 5.31. The van der Waals surface area contributed by atoms with E-state index in [1.807, 2.05) is 39.0 Å². The van der Waals surface area contributed by atoms with Crippen LogP contribution >= 0.6 is 0 Å². The van der Waals surface area contributed by atoms with Crippen LogP contribution in [0.3, 0.4) is 0 Å². The molecule has 1 aromatic rings. The molecule has 0 aromatic heterocycles. The average Bonchev–Trinajstić information content (AvgIpc) is 2.77. The van der Waals surface area contributed by atoms with Gasteiger partial charge in [-0.25, -0.2) is 4.79 Å². The highest BCUT2D eigenvalue weighted by Gasteiger charge is 2.37. The van der Waals surface area contributed by atoms with Crippen LogP contribution in [0.25, 0.3) is 0 Å². The second-order valence-electron chi connectivity index (χ2n) is 10.5. The molecule has 1 aromatic carbocycles. The van der Waals surface area contributed by atoms with E-state index in [1.54, 1.807) is 20.8 Å². The highest BCUT2D eigenvalue weighted by Crippen LogP contribution is 2.27. The second-order valence-corrected chi connectivity index (χ2v) is 10.5. The molecule has 37 heavy (non-hydrogen) atoms. The lowest BCUT2D eigenvalue weighted by molar-refractivity contribution is -0.143. The largest absolute Gasteiger partial charge is 0.444 e. The summed E-state index contributed by atoms with van der Waals surface area (Å²) in [4.78, 5) is 53.4. The molecule has 0 saturated heterocycles. The van der Waals surface area contributed by atoms with Crippen molar-refractivity contribution in [2.24, 2.45) is 5.73 Å². The van der Waals surface area contributed by atoms with Gasteiger partial charge in [0.2, 0.25) is 17.7 Å². The molecule has 2 unspecified atom stereocenters. The van der Waals surface area contributed by atoms with Gasteiger partial charge >= 0.3 is 6.09 Å². The molecule has 208 valence electrons. The number of nitrogens with one attached hydrogen (secondary N) is 2. The molecule has 0 radical (unpaired) electrons. The molecule has 9 nitrogen and oxygen atoms in total. The zero-order valence-corrected chi connectivity index (χ0v) is 23.6. The van der Waals surface area contributed by atoms with Crippen molar-refractivity contribution in [3.63, 3.8) is 0 Å².